The Balaban J connectivity index is 1.83. The average molecular weight is 356 g/mol. The lowest BCUT2D eigenvalue weighted by molar-refractivity contribution is -0.158. The zero-order chi connectivity index (χ0) is 18.5. The van der Waals surface area contributed by atoms with Gasteiger partial charge in [0.1, 0.15) is 12.1 Å². The number of carbonyl (C=O) groups is 3. The summed E-state index contributed by atoms with van der Waals surface area (Å²) >= 11 is 0. The Morgan fingerprint density at radius 3 is 2.58 bits per heavy atom. The molecule has 2 aliphatic rings. The molecule has 0 spiro atoms. The highest BCUT2D eigenvalue weighted by Gasteiger charge is 2.41. The van der Waals surface area contributed by atoms with E-state index in [1.54, 1.807) is 29.2 Å². The van der Waals surface area contributed by atoms with Gasteiger partial charge in [0.05, 0.1) is 7.11 Å². The van der Waals surface area contributed by atoms with Crippen LogP contribution >= 0.6 is 0 Å². The first-order valence-corrected chi connectivity index (χ1v) is 9.02. The Labute approximate surface area is 153 Å². The van der Waals surface area contributed by atoms with Gasteiger partial charge in [-0.3, -0.25) is 9.59 Å². The van der Waals surface area contributed by atoms with Crippen molar-refractivity contribution in [3.63, 3.8) is 0 Å². The van der Waals surface area contributed by atoms with E-state index < -0.39 is 12.1 Å². The van der Waals surface area contributed by atoms with Gasteiger partial charge in [-0.05, 0) is 44.2 Å². The second-order valence-corrected chi connectivity index (χ2v) is 6.70. The van der Waals surface area contributed by atoms with Crippen molar-refractivity contribution in [3.05, 3.63) is 48.0 Å². The summed E-state index contributed by atoms with van der Waals surface area (Å²) in [7, 11) is 1.34. The molecule has 2 aliphatic heterocycles. The van der Waals surface area contributed by atoms with Gasteiger partial charge in [-0.25, -0.2) is 4.79 Å². The summed E-state index contributed by atoms with van der Waals surface area (Å²) in [4.78, 5) is 39.5. The standard InChI is InChI=1S/C20H24N2O4/c1-26-20(25)17-13-7-11-15-10-5-6-12-16(19(24)22(15)17)21-18(23)14-8-3-2-4-9-14/h2-6,8-9,15-17H,7,10-13H2,1H3,(H,21,23)/b6-5-/t15-,16-,17-/m0/s1. The fraction of sp³-hybridized carbons (Fsp3) is 0.450. The predicted octanol–water partition coefficient (Wildman–Crippen LogP) is 2.06. The van der Waals surface area contributed by atoms with E-state index in [0.29, 0.717) is 18.4 Å². The molecule has 0 aliphatic carbocycles. The molecular formula is C20H24N2O4. The largest absolute Gasteiger partial charge is 0.467 e. The Morgan fingerprint density at radius 2 is 1.85 bits per heavy atom. The zero-order valence-corrected chi connectivity index (χ0v) is 14.9. The van der Waals surface area contributed by atoms with Gasteiger partial charge < -0.3 is 15.0 Å². The van der Waals surface area contributed by atoms with Crippen molar-refractivity contribution in [2.24, 2.45) is 0 Å². The lowest BCUT2D eigenvalue weighted by atomic mass is 9.90. The number of nitrogens with one attached hydrogen (secondary N) is 1. The summed E-state index contributed by atoms with van der Waals surface area (Å²) < 4.78 is 4.91. The Kier molecular flexibility index (Phi) is 5.71. The first kappa shape index (κ1) is 18.2. The number of amides is 2. The van der Waals surface area contributed by atoms with Crippen LogP contribution in [-0.4, -0.2) is 47.9 Å². The van der Waals surface area contributed by atoms with Crippen molar-refractivity contribution in [1.82, 2.24) is 10.2 Å². The van der Waals surface area contributed by atoms with Crippen LogP contribution in [0.25, 0.3) is 0 Å². The van der Waals surface area contributed by atoms with Crippen LogP contribution in [0.15, 0.2) is 42.5 Å². The first-order chi connectivity index (χ1) is 12.6. The molecular weight excluding hydrogens is 332 g/mol. The molecule has 1 N–H and O–H groups in total. The fourth-order valence-corrected chi connectivity index (χ4v) is 3.73. The highest BCUT2D eigenvalue weighted by Crippen LogP contribution is 2.28. The van der Waals surface area contributed by atoms with Crippen LogP contribution in [0, 0.1) is 0 Å². The third-order valence-corrected chi connectivity index (χ3v) is 5.06. The van der Waals surface area contributed by atoms with E-state index in [-0.39, 0.29) is 23.8 Å². The molecule has 1 fully saturated rings. The zero-order valence-electron chi connectivity index (χ0n) is 14.9. The van der Waals surface area contributed by atoms with E-state index in [4.69, 9.17) is 4.74 Å². The summed E-state index contributed by atoms with van der Waals surface area (Å²) in [5, 5.41) is 2.83. The van der Waals surface area contributed by atoms with Crippen LogP contribution in [0.3, 0.4) is 0 Å². The normalized spacial score (nSPS) is 26.9. The molecule has 0 unspecified atom stereocenters. The molecule has 2 amide bonds. The molecule has 0 radical (unpaired) electrons. The van der Waals surface area contributed by atoms with Crippen LogP contribution in [0.1, 0.15) is 42.5 Å². The monoisotopic (exact) mass is 356 g/mol. The third-order valence-electron chi connectivity index (χ3n) is 5.06. The van der Waals surface area contributed by atoms with Crippen molar-refractivity contribution in [2.45, 2.75) is 50.2 Å². The summed E-state index contributed by atoms with van der Waals surface area (Å²) in [6.45, 7) is 0. The van der Waals surface area contributed by atoms with Crippen LogP contribution in [0.5, 0.6) is 0 Å². The van der Waals surface area contributed by atoms with Gasteiger partial charge in [-0.15, -0.1) is 0 Å². The van der Waals surface area contributed by atoms with E-state index in [9.17, 15) is 14.4 Å². The van der Waals surface area contributed by atoms with E-state index in [1.165, 1.54) is 7.11 Å². The Bertz CT molecular complexity index is 701. The molecule has 3 atom stereocenters. The lowest BCUT2D eigenvalue weighted by Gasteiger charge is -2.42. The van der Waals surface area contributed by atoms with Crippen molar-refractivity contribution in [1.29, 1.82) is 0 Å². The summed E-state index contributed by atoms with van der Waals surface area (Å²) in [5.74, 6) is -0.888. The molecule has 138 valence electrons. The quantitative estimate of drug-likeness (QED) is 0.664. The molecule has 3 rings (SSSR count). The van der Waals surface area contributed by atoms with Gasteiger partial charge in [0.25, 0.3) is 5.91 Å². The molecule has 1 aromatic rings. The van der Waals surface area contributed by atoms with Gasteiger partial charge in [-0.2, -0.15) is 0 Å². The smallest absolute Gasteiger partial charge is 0.328 e. The van der Waals surface area contributed by atoms with Gasteiger partial charge in [0.15, 0.2) is 0 Å². The van der Waals surface area contributed by atoms with E-state index in [2.05, 4.69) is 5.32 Å². The van der Waals surface area contributed by atoms with Crippen LogP contribution < -0.4 is 5.32 Å². The minimum Gasteiger partial charge on any atom is -0.467 e. The lowest BCUT2D eigenvalue weighted by Crippen LogP contribution is -2.59. The van der Waals surface area contributed by atoms with Crippen LogP contribution in [0.4, 0.5) is 0 Å². The number of rotatable bonds is 3. The number of fused-ring (bicyclic) bond motifs is 1. The molecule has 0 bridgehead atoms. The number of hydrogen-bond acceptors (Lipinski definition) is 4. The molecule has 1 saturated heterocycles. The summed E-state index contributed by atoms with van der Waals surface area (Å²) in [6, 6.07) is 7.51. The van der Waals surface area contributed by atoms with Crippen molar-refractivity contribution < 1.29 is 19.1 Å². The molecule has 26 heavy (non-hydrogen) atoms. The maximum Gasteiger partial charge on any atom is 0.328 e. The summed E-state index contributed by atoms with van der Waals surface area (Å²) in [6.07, 6.45) is 7.43. The van der Waals surface area contributed by atoms with Crippen molar-refractivity contribution in [3.8, 4) is 0 Å². The second kappa shape index (κ2) is 8.17. The molecule has 6 heteroatoms. The maximum atomic E-state index is 13.2. The van der Waals surface area contributed by atoms with E-state index in [1.807, 2.05) is 18.2 Å². The summed E-state index contributed by atoms with van der Waals surface area (Å²) in [5.41, 5.74) is 0.506. The SMILES string of the molecule is COC(=O)[C@@H]1CCC[C@@H]2C/C=C\C[C@H](NC(=O)c3ccccc3)C(=O)N21. The van der Waals surface area contributed by atoms with E-state index >= 15 is 0 Å². The molecule has 0 aromatic heterocycles. The van der Waals surface area contributed by atoms with Gasteiger partial charge in [0, 0.05) is 11.6 Å². The van der Waals surface area contributed by atoms with Gasteiger partial charge in [0.2, 0.25) is 5.91 Å². The highest BCUT2D eigenvalue weighted by molar-refractivity contribution is 5.98. The number of ether oxygens (including phenoxy) is 1. The first-order valence-electron chi connectivity index (χ1n) is 9.02. The minimum absolute atomic E-state index is 0.0342. The molecule has 1 aromatic carbocycles. The topological polar surface area (TPSA) is 75.7 Å². The van der Waals surface area contributed by atoms with E-state index in [0.717, 1.165) is 19.3 Å². The van der Waals surface area contributed by atoms with Crippen LogP contribution in [-0.2, 0) is 14.3 Å². The Morgan fingerprint density at radius 1 is 1.12 bits per heavy atom. The number of benzene rings is 1. The number of nitrogens with zero attached hydrogens (tertiary/aromatic N) is 1. The fourth-order valence-electron chi connectivity index (χ4n) is 3.73. The number of hydrogen-bond donors (Lipinski definition) is 1. The number of carbonyl (C=O) groups excluding carboxylic acids is 3. The Hall–Kier alpha value is -2.63. The average Bonchev–Trinajstić information content (AvgIpc) is 2.68. The number of piperidine rings is 1. The maximum absolute atomic E-state index is 13.2. The molecule has 2 heterocycles. The molecule has 0 saturated carbocycles. The van der Waals surface area contributed by atoms with Gasteiger partial charge in [-0.1, -0.05) is 30.4 Å². The second-order valence-electron chi connectivity index (χ2n) is 6.70. The van der Waals surface area contributed by atoms with Crippen molar-refractivity contribution in [2.75, 3.05) is 7.11 Å². The van der Waals surface area contributed by atoms with Crippen LogP contribution in [0.2, 0.25) is 0 Å². The molecule has 6 nitrogen and oxygen atoms in total. The van der Waals surface area contributed by atoms with Gasteiger partial charge >= 0.3 is 5.97 Å². The predicted molar refractivity (Wildman–Crippen MR) is 96.4 cm³/mol. The van der Waals surface area contributed by atoms with Crippen molar-refractivity contribution >= 4 is 17.8 Å². The number of methoxy groups -OCH3 is 1. The third kappa shape index (κ3) is 3.79. The minimum atomic E-state index is -0.688. The number of esters is 1. The highest BCUT2D eigenvalue weighted by atomic mass is 16.5.